The standard InChI is InChI=1S/C18H22ClN3O3/c1-10(2)16(18(24)25-5)20-17(23)13-6-8-14(9-7-13)22-12(4)15(19)11(3)21-22/h6-10,16H,1-5H3,(H,20,23). The second-order valence-electron chi connectivity index (χ2n) is 6.16. The zero-order valence-electron chi connectivity index (χ0n) is 15.0. The third-order valence-electron chi connectivity index (χ3n) is 3.99. The highest BCUT2D eigenvalue weighted by atomic mass is 35.5. The van der Waals surface area contributed by atoms with Gasteiger partial charge < -0.3 is 10.1 Å². The molecule has 134 valence electrons. The zero-order chi connectivity index (χ0) is 18.7. The summed E-state index contributed by atoms with van der Waals surface area (Å²) in [4.78, 5) is 24.2. The maximum absolute atomic E-state index is 12.4. The number of halogens is 1. The molecule has 1 unspecified atom stereocenters. The van der Waals surface area contributed by atoms with Gasteiger partial charge in [0, 0.05) is 5.56 Å². The number of nitrogens with zero attached hydrogens (tertiary/aromatic N) is 2. The van der Waals surface area contributed by atoms with Crippen LogP contribution in [0.3, 0.4) is 0 Å². The third-order valence-corrected chi connectivity index (χ3v) is 4.53. The molecule has 1 aromatic carbocycles. The van der Waals surface area contributed by atoms with E-state index in [1.165, 1.54) is 7.11 Å². The minimum absolute atomic E-state index is 0.0764. The van der Waals surface area contributed by atoms with Crippen LogP contribution in [0.5, 0.6) is 0 Å². The van der Waals surface area contributed by atoms with Crippen molar-refractivity contribution >= 4 is 23.5 Å². The molecular formula is C18H22ClN3O3. The minimum atomic E-state index is -0.688. The quantitative estimate of drug-likeness (QED) is 0.828. The van der Waals surface area contributed by atoms with E-state index in [0.29, 0.717) is 10.6 Å². The van der Waals surface area contributed by atoms with Crippen LogP contribution in [0.2, 0.25) is 5.02 Å². The van der Waals surface area contributed by atoms with Crippen LogP contribution in [0.25, 0.3) is 5.69 Å². The van der Waals surface area contributed by atoms with Crippen molar-refractivity contribution in [2.24, 2.45) is 5.92 Å². The van der Waals surface area contributed by atoms with Crippen LogP contribution in [-0.4, -0.2) is 34.8 Å². The molecule has 1 amide bonds. The molecule has 1 atom stereocenters. The van der Waals surface area contributed by atoms with Crippen LogP contribution in [0.15, 0.2) is 24.3 Å². The number of rotatable bonds is 5. The van der Waals surface area contributed by atoms with E-state index in [4.69, 9.17) is 16.3 Å². The molecule has 0 aliphatic carbocycles. The topological polar surface area (TPSA) is 73.2 Å². The number of aromatic nitrogens is 2. The summed E-state index contributed by atoms with van der Waals surface area (Å²) in [5.41, 5.74) is 2.84. The molecule has 1 aromatic heterocycles. The van der Waals surface area contributed by atoms with Gasteiger partial charge in [-0.15, -0.1) is 0 Å². The molecule has 0 aliphatic heterocycles. The van der Waals surface area contributed by atoms with E-state index in [0.717, 1.165) is 17.1 Å². The Bertz CT molecular complexity index is 782. The van der Waals surface area contributed by atoms with Crippen molar-refractivity contribution in [2.45, 2.75) is 33.7 Å². The molecule has 1 N–H and O–H groups in total. The minimum Gasteiger partial charge on any atom is -0.467 e. The number of hydrogen-bond acceptors (Lipinski definition) is 4. The van der Waals surface area contributed by atoms with Gasteiger partial charge in [0.05, 0.1) is 29.2 Å². The molecule has 0 bridgehead atoms. The van der Waals surface area contributed by atoms with Gasteiger partial charge in [-0.05, 0) is 44.0 Å². The SMILES string of the molecule is COC(=O)C(NC(=O)c1ccc(-n2nc(C)c(Cl)c2C)cc1)C(C)C. The number of hydrogen-bond donors (Lipinski definition) is 1. The second kappa shape index (κ2) is 7.70. The second-order valence-corrected chi connectivity index (χ2v) is 6.54. The first-order valence-corrected chi connectivity index (χ1v) is 8.35. The van der Waals surface area contributed by atoms with Crippen LogP contribution in [-0.2, 0) is 9.53 Å². The van der Waals surface area contributed by atoms with E-state index in [2.05, 4.69) is 10.4 Å². The lowest BCUT2D eigenvalue weighted by Gasteiger charge is -2.19. The molecular weight excluding hydrogens is 342 g/mol. The third kappa shape index (κ3) is 4.02. The van der Waals surface area contributed by atoms with Crippen LogP contribution in [0, 0.1) is 19.8 Å². The number of methoxy groups -OCH3 is 1. The molecule has 2 aromatic rings. The normalized spacial score (nSPS) is 12.1. The van der Waals surface area contributed by atoms with Crippen LogP contribution < -0.4 is 5.32 Å². The van der Waals surface area contributed by atoms with Gasteiger partial charge in [0.25, 0.3) is 5.91 Å². The monoisotopic (exact) mass is 363 g/mol. The Morgan fingerprint density at radius 2 is 1.80 bits per heavy atom. The average Bonchev–Trinajstić information content (AvgIpc) is 2.86. The molecule has 0 fully saturated rings. The highest BCUT2D eigenvalue weighted by molar-refractivity contribution is 6.31. The molecule has 1 heterocycles. The van der Waals surface area contributed by atoms with Gasteiger partial charge in [-0.1, -0.05) is 25.4 Å². The van der Waals surface area contributed by atoms with Crippen LogP contribution in [0.1, 0.15) is 35.6 Å². The predicted octanol–water partition coefficient (Wildman–Crippen LogP) is 3.07. The zero-order valence-corrected chi connectivity index (χ0v) is 15.7. The molecule has 0 radical (unpaired) electrons. The Balaban J connectivity index is 2.20. The van der Waals surface area contributed by atoms with E-state index in [1.807, 2.05) is 27.7 Å². The van der Waals surface area contributed by atoms with Crippen molar-refractivity contribution in [3.05, 3.63) is 46.2 Å². The molecule has 6 nitrogen and oxygen atoms in total. The van der Waals surface area contributed by atoms with Crippen molar-refractivity contribution in [1.82, 2.24) is 15.1 Å². The fourth-order valence-corrected chi connectivity index (χ4v) is 2.60. The molecule has 0 aliphatic rings. The number of carbonyl (C=O) groups is 2. The number of carbonyl (C=O) groups excluding carboxylic acids is 2. The van der Waals surface area contributed by atoms with Crippen LogP contribution in [0.4, 0.5) is 0 Å². The Morgan fingerprint density at radius 1 is 1.20 bits per heavy atom. The Morgan fingerprint density at radius 3 is 2.24 bits per heavy atom. The highest BCUT2D eigenvalue weighted by Crippen LogP contribution is 2.22. The number of esters is 1. The van der Waals surface area contributed by atoms with Crippen molar-refractivity contribution in [2.75, 3.05) is 7.11 Å². The van der Waals surface area contributed by atoms with Crippen molar-refractivity contribution < 1.29 is 14.3 Å². The Hall–Kier alpha value is -2.34. The first-order valence-electron chi connectivity index (χ1n) is 7.97. The van der Waals surface area contributed by atoms with Gasteiger partial charge in [0.2, 0.25) is 0 Å². The largest absolute Gasteiger partial charge is 0.467 e. The van der Waals surface area contributed by atoms with Crippen LogP contribution >= 0.6 is 11.6 Å². The number of benzene rings is 1. The highest BCUT2D eigenvalue weighted by Gasteiger charge is 2.25. The summed E-state index contributed by atoms with van der Waals surface area (Å²) in [6, 6.07) is 6.25. The molecule has 25 heavy (non-hydrogen) atoms. The lowest BCUT2D eigenvalue weighted by atomic mass is 10.0. The van der Waals surface area contributed by atoms with Crippen molar-refractivity contribution in [3.8, 4) is 5.69 Å². The lowest BCUT2D eigenvalue weighted by Crippen LogP contribution is -2.45. The summed E-state index contributed by atoms with van der Waals surface area (Å²) in [6.45, 7) is 7.41. The average molecular weight is 364 g/mol. The van der Waals surface area contributed by atoms with E-state index in [1.54, 1.807) is 28.9 Å². The fourth-order valence-electron chi connectivity index (χ4n) is 2.48. The Labute approximate surface area is 152 Å². The van der Waals surface area contributed by atoms with E-state index in [-0.39, 0.29) is 11.8 Å². The number of amides is 1. The molecule has 0 spiro atoms. The molecule has 2 rings (SSSR count). The number of nitrogens with one attached hydrogen (secondary N) is 1. The van der Waals surface area contributed by atoms with Crippen molar-refractivity contribution in [3.63, 3.8) is 0 Å². The molecule has 0 saturated carbocycles. The first-order chi connectivity index (χ1) is 11.8. The van der Waals surface area contributed by atoms with Gasteiger partial charge in [0.15, 0.2) is 0 Å². The van der Waals surface area contributed by atoms with E-state index in [9.17, 15) is 9.59 Å². The fraction of sp³-hybridized carbons (Fsp3) is 0.389. The summed E-state index contributed by atoms with van der Waals surface area (Å²) in [6.07, 6.45) is 0. The Kier molecular flexibility index (Phi) is 5.85. The molecule has 7 heteroatoms. The maximum Gasteiger partial charge on any atom is 0.328 e. The molecule has 0 saturated heterocycles. The van der Waals surface area contributed by atoms with Gasteiger partial charge >= 0.3 is 5.97 Å². The van der Waals surface area contributed by atoms with Gasteiger partial charge in [-0.3, -0.25) is 4.79 Å². The number of aryl methyl sites for hydroxylation is 1. The lowest BCUT2D eigenvalue weighted by molar-refractivity contribution is -0.144. The van der Waals surface area contributed by atoms with Crippen molar-refractivity contribution in [1.29, 1.82) is 0 Å². The van der Waals surface area contributed by atoms with E-state index < -0.39 is 12.0 Å². The predicted molar refractivity (Wildman–Crippen MR) is 96.2 cm³/mol. The summed E-state index contributed by atoms with van der Waals surface area (Å²) >= 11 is 6.17. The first kappa shape index (κ1) is 19.0. The summed E-state index contributed by atoms with van der Waals surface area (Å²) in [5, 5.41) is 7.72. The maximum atomic E-state index is 12.4. The van der Waals surface area contributed by atoms with Gasteiger partial charge in [-0.25, -0.2) is 9.48 Å². The summed E-state index contributed by atoms with van der Waals surface area (Å²) < 4.78 is 6.46. The smallest absolute Gasteiger partial charge is 0.328 e. The summed E-state index contributed by atoms with van der Waals surface area (Å²) in [5.74, 6) is -0.869. The summed E-state index contributed by atoms with van der Waals surface area (Å²) in [7, 11) is 1.30. The van der Waals surface area contributed by atoms with E-state index >= 15 is 0 Å². The van der Waals surface area contributed by atoms with Gasteiger partial charge in [-0.2, -0.15) is 5.10 Å². The number of ether oxygens (including phenoxy) is 1. The van der Waals surface area contributed by atoms with Gasteiger partial charge in [0.1, 0.15) is 6.04 Å².